The van der Waals surface area contributed by atoms with E-state index in [2.05, 4.69) is 15.3 Å². The number of anilines is 1. The Balaban J connectivity index is 1.66. The summed E-state index contributed by atoms with van der Waals surface area (Å²) in [4.78, 5) is 19.8. The second-order valence-electron chi connectivity index (χ2n) is 4.87. The summed E-state index contributed by atoms with van der Waals surface area (Å²) in [5.74, 6) is 0.643. The largest absolute Gasteiger partial charge is 0.382 e. The lowest BCUT2D eigenvalue weighted by atomic mass is 10.1. The van der Waals surface area contributed by atoms with Crippen molar-refractivity contribution < 1.29 is 9.53 Å². The molecule has 2 fully saturated rings. The maximum Gasteiger partial charge on any atom is 0.271 e. The van der Waals surface area contributed by atoms with Crippen LogP contribution >= 0.6 is 0 Å². The summed E-state index contributed by atoms with van der Waals surface area (Å²) in [6.07, 6.45) is 6.28. The predicted molar refractivity (Wildman–Crippen MR) is 64.8 cm³/mol. The highest BCUT2D eigenvalue weighted by molar-refractivity contribution is 5.92. The molecule has 1 amide bonds. The molecule has 0 aromatic carbocycles. The maximum absolute atomic E-state index is 12.0. The highest BCUT2D eigenvalue weighted by Crippen LogP contribution is 2.38. The van der Waals surface area contributed by atoms with Gasteiger partial charge in [-0.25, -0.2) is 4.98 Å². The van der Waals surface area contributed by atoms with Gasteiger partial charge in [0.1, 0.15) is 11.5 Å². The van der Waals surface area contributed by atoms with Crippen molar-refractivity contribution in [2.24, 2.45) is 5.92 Å². The van der Waals surface area contributed by atoms with Crippen LogP contribution in [-0.2, 0) is 4.74 Å². The Morgan fingerprint density at radius 3 is 2.94 bits per heavy atom. The van der Waals surface area contributed by atoms with Gasteiger partial charge in [-0.2, -0.15) is 0 Å². The number of nitrogens with one attached hydrogen (secondary N) is 1. The van der Waals surface area contributed by atoms with Gasteiger partial charge in [0, 0.05) is 6.61 Å². The number of carbonyl (C=O) groups excluding carboxylic acids is 1. The molecule has 6 heteroatoms. The predicted octanol–water partition coefficient (Wildman–Crippen LogP) is 0.356. The second kappa shape index (κ2) is 4.53. The Morgan fingerprint density at radius 2 is 2.22 bits per heavy atom. The number of nitrogen functional groups attached to an aromatic ring is 1. The highest BCUT2D eigenvalue weighted by atomic mass is 16.5. The second-order valence-corrected chi connectivity index (χ2v) is 4.87. The van der Waals surface area contributed by atoms with E-state index in [4.69, 9.17) is 10.5 Å². The lowest BCUT2D eigenvalue weighted by Gasteiger charge is -2.19. The minimum absolute atomic E-state index is 0.0910. The number of carbonyl (C=O) groups is 1. The number of amides is 1. The summed E-state index contributed by atoms with van der Waals surface area (Å²) in [5.41, 5.74) is 5.77. The van der Waals surface area contributed by atoms with E-state index in [1.54, 1.807) is 0 Å². The Bertz CT molecular complexity index is 461. The van der Waals surface area contributed by atoms with Gasteiger partial charge in [0.25, 0.3) is 5.91 Å². The molecule has 6 nitrogen and oxygen atoms in total. The average Bonchev–Trinajstić information content (AvgIpc) is 3.10. The van der Waals surface area contributed by atoms with E-state index in [0.717, 1.165) is 6.42 Å². The third kappa shape index (κ3) is 2.28. The van der Waals surface area contributed by atoms with Crippen LogP contribution in [0.4, 0.5) is 5.82 Å². The SMILES string of the molecule is Nc1cncc(C(=O)NC2CCOC2C2CC2)n1. The molecule has 1 aromatic heterocycles. The standard InChI is InChI=1S/C12H16N4O2/c13-10-6-14-5-9(15-10)12(17)16-8-3-4-18-11(8)7-1-2-7/h5-8,11H,1-4H2,(H2,13,15)(H,16,17). The molecule has 3 rings (SSSR count). The molecule has 2 heterocycles. The van der Waals surface area contributed by atoms with Crippen molar-refractivity contribution in [2.45, 2.75) is 31.4 Å². The van der Waals surface area contributed by atoms with E-state index in [0.29, 0.717) is 12.5 Å². The van der Waals surface area contributed by atoms with Gasteiger partial charge in [0.2, 0.25) is 0 Å². The lowest BCUT2D eigenvalue weighted by molar-refractivity contribution is 0.0727. The molecule has 1 aromatic rings. The molecule has 1 saturated heterocycles. The van der Waals surface area contributed by atoms with Gasteiger partial charge in [-0.05, 0) is 25.2 Å². The van der Waals surface area contributed by atoms with E-state index in [9.17, 15) is 4.79 Å². The fourth-order valence-corrected chi connectivity index (χ4v) is 2.39. The number of ether oxygens (including phenoxy) is 1. The zero-order valence-electron chi connectivity index (χ0n) is 10.0. The van der Waals surface area contributed by atoms with Crippen molar-refractivity contribution in [2.75, 3.05) is 12.3 Å². The fraction of sp³-hybridized carbons (Fsp3) is 0.583. The van der Waals surface area contributed by atoms with Crippen LogP contribution in [0.15, 0.2) is 12.4 Å². The maximum atomic E-state index is 12.0. The molecule has 96 valence electrons. The topological polar surface area (TPSA) is 90.1 Å². The van der Waals surface area contributed by atoms with Gasteiger partial charge in [-0.1, -0.05) is 0 Å². The Labute approximate surface area is 105 Å². The normalized spacial score (nSPS) is 27.1. The molecule has 0 bridgehead atoms. The van der Waals surface area contributed by atoms with Crippen molar-refractivity contribution >= 4 is 11.7 Å². The smallest absolute Gasteiger partial charge is 0.271 e. The first kappa shape index (κ1) is 11.4. The monoisotopic (exact) mass is 248 g/mol. The van der Waals surface area contributed by atoms with Crippen molar-refractivity contribution in [1.29, 1.82) is 0 Å². The van der Waals surface area contributed by atoms with Crippen molar-refractivity contribution in [3.8, 4) is 0 Å². The van der Waals surface area contributed by atoms with Gasteiger partial charge < -0.3 is 15.8 Å². The van der Waals surface area contributed by atoms with E-state index in [1.807, 2.05) is 0 Å². The molecule has 2 atom stereocenters. The Morgan fingerprint density at radius 1 is 1.39 bits per heavy atom. The van der Waals surface area contributed by atoms with Gasteiger partial charge in [-0.3, -0.25) is 9.78 Å². The fourth-order valence-electron chi connectivity index (χ4n) is 2.39. The summed E-state index contributed by atoms with van der Waals surface area (Å²) >= 11 is 0. The third-order valence-corrected chi connectivity index (χ3v) is 3.42. The van der Waals surface area contributed by atoms with Gasteiger partial charge >= 0.3 is 0 Å². The van der Waals surface area contributed by atoms with Gasteiger partial charge in [0.05, 0.1) is 24.5 Å². The molecule has 1 aliphatic carbocycles. The molecule has 18 heavy (non-hydrogen) atoms. The summed E-state index contributed by atoms with van der Waals surface area (Å²) < 4.78 is 5.67. The van der Waals surface area contributed by atoms with Crippen LogP contribution in [0.3, 0.4) is 0 Å². The molecule has 0 spiro atoms. The Kier molecular flexibility index (Phi) is 2.87. The first-order valence-electron chi connectivity index (χ1n) is 6.24. The Hall–Kier alpha value is -1.69. The number of nitrogens with zero attached hydrogens (tertiary/aromatic N) is 2. The molecule has 2 aliphatic rings. The summed E-state index contributed by atoms with van der Waals surface area (Å²) in [5, 5.41) is 2.97. The van der Waals surface area contributed by atoms with E-state index < -0.39 is 0 Å². The first-order chi connectivity index (χ1) is 8.74. The van der Waals surface area contributed by atoms with Crippen LogP contribution in [0.2, 0.25) is 0 Å². The summed E-state index contributed by atoms with van der Waals surface area (Å²) in [7, 11) is 0. The molecular weight excluding hydrogens is 232 g/mol. The summed E-state index contributed by atoms with van der Waals surface area (Å²) in [6.45, 7) is 0.717. The highest BCUT2D eigenvalue weighted by Gasteiger charge is 2.41. The van der Waals surface area contributed by atoms with Crippen molar-refractivity contribution in [3.63, 3.8) is 0 Å². The molecule has 1 saturated carbocycles. The molecule has 0 radical (unpaired) electrons. The number of nitrogens with two attached hydrogens (primary N) is 1. The molecule has 3 N–H and O–H groups in total. The average molecular weight is 248 g/mol. The first-order valence-corrected chi connectivity index (χ1v) is 6.24. The zero-order valence-corrected chi connectivity index (χ0v) is 10.0. The van der Waals surface area contributed by atoms with E-state index in [-0.39, 0.29) is 29.6 Å². The third-order valence-electron chi connectivity index (χ3n) is 3.42. The number of hydrogen-bond acceptors (Lipinski definition) is 5. The molecule has 2 unspecified atom stereocenters. The number of hydrogen-bond donors (Lipinski definition) is 2. The van der Waals surface area contributed by atoms with E-state index >= 15 is 0 Å². The minimum Gasteiger partial charge on any atom is -0.382 e. The van der Waals surface area contributed by atoms with Crippen molar-refractivity contribution in [3.05, 3.63) is 18.1 Å². The van der Waals surface area contributed by atoms with E-state index in [1.165, 1.54) is 25.2 Å². The van der Waals surface area contributed by atoms with Gasteiger partial charge in [-0.15, -0.1) is 0 Å². The van der Waals surface area contributed by atoms with Crippen LogP contribution in [0.5, 0.6) is 0 Å². The van der Waals surface area contributed by atoms with Crippen LogP contribution in [0.1, 0.15) is 29.8 Å². The summed E-state index contributed by atoms with van der Waals surface area (Å²) in [6, 6.07) is 0.0910. The molecule has 1 aliphatic heterocycles. The quantitative estimate of drug-likeness (QED) is 0.805. The van der Waals surface area contributed by atoms with Crippen LogP contribution in [0.25, 0.3) is 0 Å². The number of aromatic nitrogens is 2. The lowest BCUT2D eigenvalue weighted by Crippen LogP contribution is -2.41. The molecular formula is C12H16N4O2. The van der Waals surface area contributed by atoms with Gasteiger partial charge in [0.15, 0.2) is 0 Å². The van der Waals surface area contributed by atoms with Crippen LogP contribution < -0.4 is 11.1 Å². The zero-order chi connectivity index (χ0) is 12.5. The number of rotatable bonds is 3. The van der Waals surface area contributed by atoms with Crippen LogP contribution in [-0.4, -0.2) is 34.6 Å². The minimum atomic E-state index is -0.226. The van der Waals surface area contributed by atoms with Crippen LogP contribution in [0, 0.1) is 5.92 Å². The van der Waals surface area contributed by atoms with Crippen molar-refractivity contribution in [1.82, 2.24) is 15.3 Å².